The Morgan fingerprint density at radius 3 is 2.51 bits per heavy atom. The Morgan fingerprint density at radius 2 is 1.89 bits per heavy atom. The van der Waals surface area contributed by atoms with Crippen molar-refractivity contribution in [2.75, 3.05) is 11.9 Å². The van der Waals surface area contributed by atoms with E-state index in [9.17, 15) is 33.6 Å². The summed E-state index contributed by atoms with van der Waals surface area (Å²) in [5.41, 5.74) is 0.448. The average Bonchev–Trinajstić information content (AvgIpc) is 2.96. The largest absolute Gasteiger partial charge is 0.344 e. The lowest BCUT2D eigenvalue weighted by Crippen LogP contribution is -2.64. The van der Waals surface area contributed by atoms with Crippen LogP contribution in [0.15, 0.2) is 18.2 Å². The molecule has 13 heteroatoms. The highest BCUT2D eigenvalue weighted by Gasteiger charge is 2.44. The number of Topliss-reactive ketones (excluding diaryl/α,β-unsaturated/α-hetero) is 1. The fraction of sp³-hybridized carbons (Fsp3) is 0.458. The van der Waals surface area contributed by atoms with E-state index in [1.807, 2.05) is 0 Å². The van der Waals surface area contributed by atoms with Crippen molar-refractivity contribution in [3.63, 3.8) is 0 Å². The van der Waals surface area contributed by atoms with Crippen LogP contribution in [-0.2, 0) is 28.8 Å². The summed E-state index contributed by atoms with van der Waals surface area (Å²) in [4.78, 5) is 86.3. The Labute approximate surface area is 218 Å². The van der Waals surface area contributed by atoms with Crippen LogP contribution in [0.2, 0.25) is 5.02 Å². The summed E-state index contributed by atoms with van der Waals surface area (Å²) in [7, 11) is 0. The molecular weight excluding hydrogens is 506 g/mol. The quantitative estimate of drug-likeness (QED) is 0.412. The summed E-state index contributed by atoms with van der Waals surface area (Å²) in [5, 5.41) is 10.0. The summed E-state index contributed by atoms with van der Waals surface area (Å²) in [6.45, 7) is 2.82. The van der Waals surface area contributed by atoms with Crippen LogP contribution in [-0.4, -0.2) is 76.3 Å². The van der Waals surface area contributed by atoms with E-state index in [1.165, 1.54) is 37.1 Å². The Kier molecular flexibility index (Phi) is 8.98. The zero-order valence-electron chi connectivity index (χ0n) is 20.4. The summed E-state index contributed by atoms with van der Waals surface area (Å²) < 4.78 is 0. The molecule has 0 aliphatic carbocycles. The van der Waals surface area contributed by atoms with Gasteiger partial charge in [0.05, 0.1) is 16.8 Å². The third-order valence-electron chi connectivity index (χ3n) is 6.01. The van der Waals surface area contributed by atoms with Gasteiger partial charge >= 0.3 is 0 Å². The normalized spacial score (nSPS) is 20.3. The molecule has 2 heterocycles. The standard InChI is InChI=1S/C24H28ClN5O7/c1-13(32)10-16(12-31)27-23(36)20-4-3-9-29-21(34)8-7-19(24(37)30(20)29)28-22(35)15-5-6-18(17(25)11-15)26-14(2)33/h5-6,11-12,16,19-20H,3-4,7-10H2,1-2H3,(H,26,33)(H,27,36)(H,28,35)/t16-,19?,20-/m0/s1. The van der Waals surface area contributed by atoms with Gasteiger partial charge in [-0.05, 0) is 44.4 Å². The van der Waals surface area contributed by atoms with E-state index in [2.05, 4.69) is 16.0 Å². The van der Waals surface area contributed by atoms with Gasteiger partial charge in [0.15, 0.2) is 0 Å². The first-order valence-electron chi connectivity index (χ1n) is 11.8. The molecule has 12 nitrogen and oxygen atoms in total. The number of hydrazine groups is 1. The molecule has 37 heavy (non-hydrogen) atoms. The maximum Gasteiger partial charge on any atom is 0.264 e. The summed E-state index contributed by atoms with van der Waals surface area (Å²) >= 11 is 6.15. The van der Waals surface area contributed by atoms with Crippen LogP contribution < -0.4 is 16.0 Å². The second-order valence-corrected chi connectivity index (χ2v) is 9.36. The molecule has 1 aromatic carbocycles. The molecule has 0 aromatic heterocycles. The third kappa shape index (κ3) is 6.70. The van der Waals surface area contributed by atoms with Crippen LogP contribution in [0.3, 0.4) is 0 Å². The Balaban J connectivity index is 1.80. The number of carbonyl (C=O) groups excluding carboxylic acids is 7. The van der Waals surface area contributed by atoms with Gasteiger partial charge in [-0.1, -0.05) is 11.6 Å². The van der Waals surface area contributed by atoms with Crippen molar-refractivity contribution in [2.24, 2.45) is 0 Å². The monoisotopic (exact) mass is 533 g/mol. The molecule has 1 aromatic rings. The minimum absolute atomic E-state index is 0.0176. The highest BCUT2D eigenvalue weighted by Crippen LogP contribution is 2.26. The number of ketones is 1. The van der Waals surface area contributed by atoms with Crippen LogP contribution in [0.1, 0.15) is 56.3 Å². The number of halogens is 1. The van der Waals surface area contributed by atoms with E-state index in [4.69, 9.17) is 11.6 Å². The first kappa shape index (κ1) is 27.8. The number of hydrogen-bond acceptors (Lipinski definition) is 7. The molecule has 2 saturated heterocycles. The predicted molar refractivity (Wildman–Crippen MR) is 131 cm³/mol. The summed E-state index contributed by atoms with van der Waals surface area (Å²) in [6, 6.07) is 0.961. The second-order valence-electron chi connectivity index (χ2n) is 8.96. The molecule has 198 valence electrons. The van der Waals surface area contributed by atoms with Gasteiger partial charge in [0, 0.05) is 31.9 Å². The van der Waals surface area contributed by atoms with Gasteiger partial charge in [-0.25, -0.2) is 5.01 Å². The number of hydrogen-bond donors (Lipinski definition) is 3. The summed E-state index contributed by atoms with van der Waals surface area (Å²) in [5.74, 6) is -2.95. The van der Waals surface area contributed by atoms with Crippen molar-refractivity contribution in [1.29, 1.82) is 0 Å². The SMILES string of the molecule is CC(=O)C[C@@H](C=O)NC(=O)[C@@H]1CCCN2C(=O)CCC(NC(=O)c3ccc(NC(C)=O)c(Cl)c3)C(=O)N12. The van der Waals surface area contributed by atoms with Crippen molar-refractivity contribution in [3.05, 3.63) is 28.8 Å². The molecule has 3 N–H and O–H groups in total. The van der Waals surface area contributed by atoms with Gasteiger partial charge in [-0.2, -0.15) is 0 Å². The van der Waals surface area contributed by atoms with Crippen LogP contribution in [0, 0.1) is 0 Å². The number of aldehydes is 1. The predicted octanol–water partition coefficient (Wildman–Crippen LogP) is 0.588. The van der Waals surface area contributed by atoms with Crippen molar-refractivity contribution in [2.45, 2.75) is 64.1 Å². The molecule has 0 radical (unpaired) electrons. The van der Waals surface area contributed by atoms with Crippen molar-refractivity contribution in [1.82, 2.24) is 20.7 Å². The van der Waals surface area contributed by atoms with Crippen LogP contribution in [0.5, 0.6) is 0 Å². The van der Waals surface area contributed by atoms with Gasteiger partial charge in [0.25, 0.3) is 11.8 Å². The van der Waals surface area contributed by atoms with E-state index >= 15 is 0 Å². The third-order valence-corrected chi connectivity index (χ3v) is 6.32. The van der Waals surface area contributed by atoms with Crippen molar-refractivity contribution >= 4 is 58.9 Å². The van der Waals surface area contributed by atoms with E-state index in [0.29, 0.717) is 18.4 Å². The molecule has 0 saturated carbocycles. The molecule has 2 aliphatic heterocycles. The number of nitrogens with zero attached hydrogens (tertiary/aromatic N) is 2. The highest BCUT2D eigenvalue weighted by atomic mass is 35.5. The zero-order chi connectivity index (χ0) is 27.3. The minimum atomic E-state index is -1.11. The Hall–Kier alpha value is -3.80. The van der Waals surface area contributed by atoms with Gasteiger partial charge in [0.1, 0.15) is 24.2 Å². The zero-order valence-corrected chi connectivity index (χ0v) is 21.2. The fourth-order valence-corrected chi connectivity index (χ4v) is 4.54. The lowest BCUT2D eigenvalue weighted by atomic mass is 10.0. The maximum atomic E-state index is 13.5. The molecule has 1 unspecified atom stereocenters. The van der Waals surface area contributed by atoms with Gasteiger partial charge < -0.3 is 20.7 Å². The molecule has 0 bridgehead atoms. The molecule has 0 spiro atoms. The number of nitrogens with one attached hydrogen (secondary N) is 3. The van der Waals surface area contributed by atoms with Gasteiger partial charge in [-0.15, -0.1) is 0 Å². The van der Waals surface area contributed by atoms with E-state index in [0.717, 1.165) is 5.01 Å². The highest BCUT2D eigenvalue weighted by molar-refractivity contribution is 6.34. The van der Waals surface area contributed by atoms with Crippen molar-refractivity contribution in [3.8, 4) is 0 Å². The van der Waals surface area contributed by atoms with Crippen molar-refractivity contribution < 1.29 is 33.6 Å². The molecular formula is C24H28ClN5O7. The Morgan fingerprint density at radius 1 is 1.16 bits per heavy atom. The maximum absolute atomic E-state index is 13.5. The number of anilines is 1. The van der Waals surface area contributed by atoms with Crippen LogP contribution in [0.4, 0.5) is 5.69 Å². The van der Waals surface area contributed by atoms with E-state index < -0.39 is 35.8 Å². The first-order chi connectivity index (χ1) is 17.5. The van der Waals surface area contributed by atoms with E-state index in [-0.39, 0.29) is 60.4 Å². The van der Waals surface area contributed by atoms with Gasteiger partial charge in [-0.3, -0.25) is 33.8 Å². The van der Waals surface area contributed by atoms with Crippen LogP contribution >= 0.6 is 11.6 Å². The fourth-order valence-electron chi connectivity index (χ4n) is 4.32. The first-order valence-corrected chi connectivity index (χ1v) is 12.2. The lowest BCUT2D eigenvalue weighted by molar-refractivity contribution is -0.176. The van der Waals surface area contributed by atoms with Crippen LogP contribution in [0.25, 0.3) is 0 Å². The number of benzene rings is 1. The second kappa shape index (κ2) is 12.0. The Bertz CT molecular complexity index is 1140. The number of amides is 5. The molecule has 3 rings (SSSR count). The number of fused-ring (bicyclic) bond motifs is 1. The topological polar surface area (TPSA) is 162 Å². The van der Waals surface area contributed by atoms with Gasteiger partial charge in [0.2, 0.25) is 17.7 Å². The number of rotatable bonds is 8. The average molecular weight is 534 g/mol. The minimum Gasteiger partial charge on any atom is -0.344 e. The molecule has 5 amide bonds. The van der Waals surface area contributed by atoms with E-state index in [1.54, 1.807) is 0 Å². The number of carbonyl (C=O) groups is 7. The summed E-state index contributed by atoms with van der Waals surface area (Å²) in [6.07, 6.45) is 0.909. The molecule has 2 fully saturated rings. The molecule has 3 atom stereocenters. The molecule has 2 aliphatic rings. The lowest BCUT2D eigenvalue weighted by Gasteiger charge is -2.43. The smallest absolute Gasteiger partial charge is 0.264 e.